The van der Waals surface area contributed by atoms with E-state index in [1.165, 1.54) is 5.56 Å². The van der Waals surface area contributed by atoms with Gasteiger partial charge in [0.2, 0.25) is 0 Å². The Kier molecular flexibility index (Phi) is 6.39. The van der Waals surface area contributed by atoms with Gasteiger partial charge in [-0.2, -0.15) is 0 Å². The van der Waals surface area contributed by atoms with Crippen molar-refractivity contribution in [3.8, 4) is 0 Å². The highest BCUT2D eigenvalue weighted by Crippen LogP contribution is 2.05. The van der Waals surface area contributed by atoms with Gasteiger partial charge in [0.25, 0.3) is 0 Å². The van der Waals surface area contributed by atoms with E-state index in [1.54, 1.807) is 0 Å². The number of hydrogen-bond acceptors (Lipinski definition) is 5. The molecule has 1 unspecified atom stereocenters. The molecule has 0 aliphatic carbocycles. The molecule has 1 aromatic heterocycles. The smallest absolute Gasteiger partial charge is 0.0791 e. The molecule has 1 aliphatic rings. The topological polar surface area (TPSA) is 57.6 Å². The number of β-amino-alcohol motifs (C(OH)–C–C–N with tert-alkyl or cyclic N) is 1. The van der Waals surface area contributed by atoms with Crippen molar-refractivity contribution in [3.05, 3.63) is 29.6 Å². The van der Waals surface area contributed by atoms with Crippen molar-refractivity contribution >= 4 is 0 Å². The lowest BCUT2D eigenvalue weighted by molar-refractivity contribution is 0.0149. The van der Waals surface area contributed by atoms with Crippen molar-refractivity contribution in [2.45, 2.75) is 26.0 Å². The van der Waals surface area contributed by atoms with E-state index >= 15 is 0 Å². The van der Waals surface area contributed by atoms with E-state index in [4.69, 9.17) is 4.74 Å². The van der Waals surface area contributed by atoms with Crippen LogP contribution < -0.4 is 5.32 Å². The lowest BCUT2D eigenvalue weighted by Gasteiger charge is -2.28. The first-order chi connectivity index (χ1) is 9.79. The Morgan fingerprint density at radius 2 is 2.25 bits per heavy atom. The molecule has 1 aromatic rings. The highest BCUT2D eigenvalue weighted by Gasteiger charge is 2.14. The Bertz CT molecular complexity index is 394. The van der Waals surface area contributed by atoms with Crippen LogP contribution in [0.15, 0.2) is 18.3 Å². The van der Waals surface area contributed by atoms with Gasteiger partial charge >= 0.3 is 0 Å². The molecule has 5 nitrogen and oxygen atoms in total. The summed E-state index contributed by atoms with van der Waals surface area (Å²) >= 11 is 0. The molecule has 0 aromatic carbocycles. The van der Waals surface area contributed by atoms with Crippen molar-refractivity contribution < 1.29 is 9.84 Å². The molecule has 2 rings (SSSR count). The number of nitrogens with one attached hydrogen (secondary N) is 1. The molecule has 2 N–H and O–H groups in total. The van der Waals surface area contributed by atoms with Crippen LogP contribution in [0.1, 0.15) is 18.2 Å². The van der Waals surface area contributed by atoms with E-state index < -0.39 is 0 Å². The number of aryl methyl sites for hydroxylation is 1. The zero-order valence-corrected chi connectivity index (χ0v) is 12.2. The first kappa shape index (κ1) is 15.4. The molecule has 112 valence electrons. The van der Waals surface area contributed by atoms with Gasteiger partial charge in [0.05, 0.1) is 25.0 Å². The molecule has 5 heteroatoms. The molecule has 2 heterocycles. The summed E-state index contributed by atoms with van der Waals surface area (Å²) < 4.78 is 5.30. The Morgan fingerprint density at radius 3 is 3.00 bits per heavy atom. The van der Waals surface area contributed by atoms with Gasteiger partial charge in [0.15, 0.2) is 0 Å². The highest BCUT2D eigenvalue weighted by molar-refractivity contribution is 5.19. The molecule has 1 fully saturated rings. The maximum atomic E-state index is 10.0. The lowest BCUT2D eigenvalue weighted by Crippen LogP contribution is -2.43. The first-order valence-electron chi connectivity index (χ1n) is 7.41. The van der Waals surface area contributed by atoms with Crippen LogP contribution in [0.25, 0.3) is 0 Å². The highest BCUT2D eigenvalue weighted by atomic mass is 16.5. The number of pyridine rings is 1. The minimum atomic E-state index is -0.345. The fraction of sp³-hybridized carbons (Fsp3) is 0.667. The second-order valence-electron chi connectivity index (χ2n) is 5.16. The minimum absolute atomic E-state index is 0.345. The first-order valence-corrected chi connectivity index (χ1v) is 7.41. The van der Waals surface area contributed by atoms with E-state index in [2.05, 4.69) is 28.2 Å². The van der Waals surface area contributed by atoms with Gasteiger partial charge in [0.1, 0.15) is 0 Å². The maximum Gasteiger partial charge on any atom is 0.0791 e. The summed E-state index contributed by atoms with van der Waals surface area (Å²) in [5.41, 5.74) is 2.34. The van der Waals surface area contributed by atoms with Gasteiger partial charge in [-0.1, -0.05) is 13.0 Å². The van der Waals surface area contributed by atoms with Crippen LogP contribution in [0.4, 0.5) is 0 Å². The van der Waals surface area contributed by atoms with Crippen LogP contribution in [-0.4, -0.2) is 60.5 Å². The third-order valence-electron chi connectivity index (χ3n) is 3.61. The number of aliphatic hydroxyl groups is 1. The fourth-order valence-electron chi connectivity index (χ4n) is 2.46. The molecule has 1 atom stereocenters. The van der Waals surface area contributed by atoms with E-state index in [-0.39, 0.29) is 6.10 Å². The number of morpholine rings is 1. The second kappa shape index (κ2) is 8.32. The lowest BCUT2D eigenvalue weighted by atomic mass is 10.1. The standard InChI is InChI=1S/C15H25N3O2/c1-2-13-4-3-5-17-15(13)11-16-10-14(19)12-18-6-8-20-9-7-18/h3-5,14,16,19H,2,6-12H2,1H3. The Labute approximate surface area is 121 Å². The number of rotatable bonds is 7. The Hall–Kier alpha value is -1.01. The van der Waals surface area contributed by atoms with E-state index in [1.807, 2.05) is 12.3 Å². The summed E-state index contributed by atoms with van der Waals surface area (Å²) in [7, 11) is 0. The molecule has 20 heavy (non-hydrogen) atoms. The van der Waals surface area contributed by atoms with Crippen molar-refractivity contribution in [2.24, 2.45) is 0 Å². The molecule has 0 spiro atoms. The number of ether oxygens (including phenoxy) is 1. The van der Waals surface area contributed by atoms with Crippen molar-refractivity contribution in [2.75, 3.05) is 39.4 Å². The zero-order valence-electron chi connectivity index (χ0n) is 12.2. The maximum absolute atomic E-state index is 10.0. The molecule has 1 aliphatic heterocycles. The third-order valence-corrected chi connectivity index (χ3v) is 3.61. The zero-order chi connectivity index (χ0) is 14.2. The van der Waals surface area contributed by atoms with Crippen LogP contribution in [0.3, 0.4) is 0 Å². The van der Waals surface area contributed by atoms with Gasteiger partial charge in [-0.25, -0.2) is 0 Å². The predicted molar refractivity (Wildman–Crippen MR) is 78.6 cm³/mol. The summed E-state index contributed by atoms with van der Waals surface area (Å²) in [5, 5.41) is 13.3. The normalized spacial score (nSPS) is 18.1. The molecule has 0 radical (unpaired) electrons. The molecular formula is C15H25N3O2. The third kappa shape index (κ3) is 4.83. The Morgan fingerprint density at radius 1 is 1.45 bits per heavy atom. The molecule has 0 amide bonds. The predicted octanol–water partition coefficient (Wildman–Crippen LogP) is 0.427. The van der Waals surface area contributed by atoms with Crippen LogP contribution in [-0.2, 0) is 17.7 Å². The molecule has 1 saturated heterocycles. The average Bonchev–Trinajstić information content (AvgIpc) is 2.49. The Balaban J connectivity index is 1.69. The molecule has 0 bridgehead atoms. The van der Waals surface area contributed by atoms with Crippen LogP contribution >= 0.6 is 0 Å². The largest absolute Gasteiger partial charge is 0.390 e. The summed E-state index contributed by atoms with van der Waals surface area (Å²) in [6.45, 7) is 7.52. The second-order valence-corrected chi connectivity index (χ2v) is 5.16. The monoisotopic (exact) mass is 279 g/mol. The van der Waals surface area contributed by atoms with Crippen LogP contribution in [0, 0.1) is 0 Å². The van der Waals surface area contributed by atoms with Crippen LogP contribution in [0.5, 0.6) is 0 Å². The number of hydrogen-bond donors (Lipinski definition) is 2. The van der Waals surface area contributed by atoms with Gasteiger partial charge in [-0.15, -0.1) is 0 Å². The number of aromatic nitrogens is 1. The van der Waals surface area contributed by atoms with Crippen molar-refractivity contribution in [1.29, 1.82) is 0 Å². The number of aliphatic hydroxyl groups excluding tert-OH is 1. The fourth-order valence-corrected chi connectivity index (χ4v) is 2.46. The molecule has 0 saturated carbocycles. The summed E-state index contributed by atoms with van der Waals surface area (Å²) in [6, 6.07) is 4.07. The van der Waals surface area contributed by atoms with E-state index in [0.717, 1.165) is 38.4 Å². The summed E-state index contributed by atoms with van der Waals surface area (Å²) in [5.74, 6) is 0. The van der Waals surface area contributed by atoms with Gasteiger partial charge in [0, 0.05) is 38.9 Å². The quantitative estimate of drug-likeness (QED) is 0.758. The van der Waals surface area contributed by atoms with Crippen molar-refractivity contribution in [1.82, 2.24) is 15.2 Å². The minimum Gasteiger partial charge on any atom is -0.390 e. The summed E-state index contributed by atoms with van der Waals surface area (Å²) in [4.78, 5) is 6.64. The van der Waals surface area contributed by atoms with Gasteiger partial charge in [-0.05, 0) is 18.1 Å². The number of nitrogens with zero attached hydrogens (tertiary/aromatic N) is 2. The van der Waals surface area contributed by atoms with Gasteiger partial charge < -0.3 is 15.2 Å². The van der Waals surface area contributed by atoms with Crippen LogP contribution in [0.2, 0.25) is 0 Å². The summed E-state index contributed by atoms with van der Waals surface area (Å²) in [6.07, 6.45) is 2.46. The van der Waals surface area contributed by atoms with E-state index in [9.17, 15) is 5.11 Å². The SMILES string of the molecule is CCc1cccnc1CNCC(O)CN1CCOCC1. The van der Waals surface area contributed by atoms with E-state index in [0.29, 0.717) is 19.6 Å². The molecular weight excluding hydrogens is 254 g/mol. The average molecular weight is 279 g/mol. The van der Waals surface area contributed by atoms with Gasteiger partial charge in [-0.3, -0.25) is 9.88 Å². The van der Waals surface area contributed by atoms with Crippen molar-refractivity contribution in [3.63, 3.8) is 0 Å².